The fraction of sp³-hybridized carbons (Fsp3) is 0.308. The average Bonchev–Trinajstić information content (AvgIpc) is 2.77. The zero-order chi connectivity index (χ0) is 14.1. The Bertz CT molecular complexity index is 630. The Balaban J connectivity index is 1.59. The SMILES string of the molecule is NC(=O)CNC(=O)C1CN(c2nc3ccccc3s2)C1. The number of benzene rings is 1. The summed E-state index contributed by atoms with van der Waals surface area (Å²) in [5, 5.41) is 3.46. The number of para-hydroxylation sites is 1. The van der Waals surface area contributed by atoms with Crippen molar-refractivity contribution in [3.63, 3.8) is 0 Å². The molecule has 1 aromatic heterocycles. The van der Waals surface area contributed by atoms with Gasteiger partial charge in [-0.05, 0) is 12.1 Å². The minimum atomic E-state index is -0.527. The lowest BCUT2D eigenvalue weighted by Crippen LogP contribution is -2.54. The van der Waals surface area contributed by atoms with Crippen LogP contribution in [0, 0.1) is 5.92 Å². The van der Waals surface area contributed by atoms with Gasteiger partial charge in [-0.1, -0.05) is 23.5 Å². The lowest BCUT2D eigenvalue weighted by atomic mass is 10.0. The largest absolute Gasteiger partial charge is 0.368 e. The van der Waals surface area contributed by atoms with Gasteiger partial charge in [0, 0.05) is 13.1 Å². The molecule has 0 aliphatic carbocycles. The summed E-state index contributed by atoms with van der Waals surface area (Å²) in [6.07, 6.45) is 0. The third kappa shape index (κ3) is 2.44. The summed E-state index contributed by atoms with van der Waals surface area (Å²) in [5.74, 6) is -0.747. The van der Waals surface area contributed by atoms with Crippen molar-refractivity contribution < 1.29 is 9.59 Å². The fourth-order valence-electron chi connectivity index (χ4n) is 2.11. The first-order chi connectivity index (χ1) is 9.63. The molecule has 0 saturated carbocycles. The van der Waals surface area contributed by atoms with E-state index < -0.39 is 5.91 Å². The lowest BCUT2D eigenvalue weighted by molar-refractivity contribution is -0.128. The van der Waals surface area contributed by atoms with E-state index in [0.29, 0.717) is 13.1 Å². The van der Waals surface area contributed by atoms with Crippen molar-refractivity contribution >= 4 is 38.5 Å². The Hall–Kier alpha value is -2.15. The Labute approximate surface area is 119 Å². The Morgan fingerprint density at radius 1 is 1.40 bits per heavy atom. The molecule has 1 aliphatic heterocycles. The van der Waals surface area contributed by atoms with Crippen molar-refractivity contribution in [1.82, 2.24) is 10.3 Å². The Kier molecular flexibility index (Phi) is 3.27. The molecule has 104 valence electrons. The summed E-state index contributed by atoms with van der Waals surface area (Å²) in [6, 6.07) is 7.96. The van der Waals surface area contributed by atoms with E-state index in [1.807, 2.05) is 24.3 Å². The number of rotatable bonds is 4. The first-order valence-electron chi connectivity index (χ1n) is 6.30. The summed E-state index contributed by atoms with van der Waals surface area (Å²) in [4.78, 5) is 28.9. The van der Waals surface area contributed by atoms with E-state index in [9.17, 15) is 9.59 Å². The van der Waals surface area contributed by atoms with Crippen LogP contribution in [0.3, 0.4) is 0 Å². The molecule has 0 unspecified atom stereocenters. The summed E-state index contributed by atoms with van der Waals surface area (Å²) in [7, 11) is 0. The van der Waals surface area contributed by atoms with Crippen LogP contribution >= 0.6 is 11.3 Å². The minimum Gasteiger partial charge on any atom is -0.368 e. The smallest absolute Gasteiger partial charge is 0.236 e. The normalized spacial score (nSPS) is 15.1. The highest BCUT2D eigenvalue weighted by atomic mass is 32.1. The van der Waals surface area contributed by atoms with Crippen LogP contribution in [-0.4, -0.2) is 36.4 Å². The maximum Gasteiger partial charge on any atom is 0.236 e. The molecule has 1 aromatic carbocycles. The number of anilines is 1. The lowest BCUT2D eigenvalue weighted by Gasteiger charge is -2.37. The molecule has 1 fully saturated rings. The summed E-state index contributed by atoms with van der Waals surface area (Å²) >= 11 is 1.62. The van der Waals surface area contributed by atoms with E-state index in [-0.39, 0.29) is 18.4 Å². The number of hydrogen-bond donors (Lipinski definition) is 2. The van der Waals surface area contributed by atoms with Crippen LogP contribution in [0.4, 0.5) is 5.13 Å². The average molecular weight is 290 g/mol. The zero-order valence-corrected chi connectivity index (χ0v) is 11.5. The third-order valence-electron chi connectivity index (χ3n) is 3.24. The van der Waals surface area contributed by atoms with Gasteiger partial charge in [-0.3, -0.25) is 9.59 Å². The summed E-state index contributed by atoms with van der Waals surface area (Å²) < 4.78 is 1.14. The van der Waals surface area contributed by atoms with Crippen LogP contribution in [0.2, 0.25) is 0 Å². The highest BCUT2D eigenvalue weighted by Crippen LogP contribution is 2.32. The van der Waals surface area contributed by atoms with Gasteiger partial charge in [0.1, 0.15) is 0 Å². The number of thiazole rings is 1. The van der Waals surface area contributed by atoms with Gasteiger partial charge < -0.3 is 16.0 Å². The first kappa shape index (κ1) is 12.9. The molecule has 3 N–H and O–H groups in total. The molecule has 2 amide bonds. The van der Waals surface area contributed by atoms with Gasteiger partial charge in [0.05, 0.1) is 22.7 Å². The van der Waals surface area contributed by atoms with Gasteiger partial charge in [-0.2, -0.15) is 0 Å². The Morgan fingerprint density at radius 2 is 2.15 bits per heavy atom. The van der Waals surface area contributed by atoms with Gasteiger partial charge >= 0.3 is 0 Å². The van der Waals surface area contributed by atoms with Crippen LogP contribution in [0.1, 0.15) is 0 Å². The van der Waals surface area contributed by atoms with Crippen molar-refractivity contribution in [2.24, 2.45) is 11.7 Å². The van der Waals surface area contributed by atoms with Gasteiger partial charge in [0.25, 0.3) is 0 Å². The molecule has 0 spiro atoms. The highest BCUT2D eigenvalue weighted by Gasteiger charge is 2.34. The number of nitrogens with zero attached hydrogens (tertiary/aromatic N) is 2. The number of nitrogens with two attached hydrogens (primary N) is 1. The molecule has 7 heteroatoms. The quantitative estimate of drug-likeness (QED) is 0.849. The second-order valence-corrected chi connectivity index (χ2v) is 5.76. The number of carbonyl (C=O) groups is 2. The third-order valence-corrected chi connectivity index (χ3v) is 4.34. The van der Waals surface area contributed by atoms with E-state index in [1.165, 1.54) is 0 Å². The first-order valence-corrected chi connectivity index (χ1v) is 7.11. The number of primary amides is 1. The number of hydrogen-bond acceptors (Lipinski definition) is 5. The molecule has 2 heterocycles. The molecular weight excluding hydrogens is 276 g/mol. The van der Waals surface area contributed by atoms with Gasteiger partial charge in [0.2, 0.25) is 11.8 Å². The maximum absolute atomic E-state index is 11.7. The van der Waals surface area contributed by atoms with Crippen molar-refractivity contribution in [2.75, 3.05) is 24.5 Å². The molecule has 1 saturated heterocycles. The predicted molar refractivity (Wildman–Crippen MR) is 77.5 cm³/mol. The van der Waals surface area contributed by atoms with Gasteiger partial charge in [-0.25, -0.2) is 4.98 Å². The summed E-state index contributed by atoms with van der Waals surface area (Å²) in [6.45, 7) is 1.16. The number of amides is 2. The molecule has 0 bridgehead atoms. The minimum absolute atomic E-state index is 0.0960. The van der Waals surface area contributed by atoms with Crippen molar-refractivity contribution in [3.8, 4) is 0 Å². The van der Waals surface area contributed by atoms with Gasteiger partial charge in [-0.15, -0.1) is 0 Å². The standard InChI is InChI=1S/C13H14N4O2S/c14-11(18)5-15-12(19)8-6-17(7-8)13-16-9-3-1-2-4-10(9)20-13/h1-4,8H,5-7H2,(H2,14,18)(H,15,19). The Morgan fingerprint density at radius 3 is 2.85 bits per heavy atom. The van der Waals surface area contributed by atoms with Crippen LogP contribution in [-0.2, 0) is 9.59 Å². The van der Waals surface area contributed by atoms with Crippen molar-refractivity contribution in [2.45, 2.75) is 0 Å². The topological polar surface area (TPSA) is 88.3 Å². The highest BCUT2D eigenvalue weighted by molar-refractivity contribution is 7.22. The molecule has 0 radical (unpaired) electrons. The van der Waals surface area contributed by atoms with E-state index in [0.717, 1.165) is 15.3 Å². The van der Waals surface area contributed by atoms with Crippen LogP contribution < -0.4 is 16.0 Å². The van der Waals surface area contributed by atoms with E-state index in [1.54, 1.807) is 11.3 Å². The van der Waals surface area contributed by atoms with Crippen molar-refractivity contribution in [3.05, 3.63) is 24.3 Å². The number of aromatic nitrogens is 1. The molecule has 0 atom stereocenters. The summed E-state index contributed by atoms with van der Waals surface area (Å²) in [5.41, 5.74) is 5.97. The van der Waals surface area contributed by atoms with Crippen molar-refractivity contribution in [1.29, 1.82) is 0 Å². The van der Waals surface area contributed by atoms with E-state index >= 15 is 0 Å². The number of nitrogens with one attached hydrogen (secondary N) is 1. The molecular formula is C13H14N4O2S. The predicted octanol–water partition coefficient (Wildman–Crippen LogP) is 0.334. The molecule has 20 heavy (non-hydrogen) atoms. The monoisotopic (exact) mass is 290 g/mol. The second-order valence-electron chi connectivity index (χ2n) is 4.75. The number of carbonyl (C=O) groups excluding carboxylic acids is 2. The maximum atomic E-state index is 11.7. The second kappa shape index (κ2) is 5.09. The number of fused-ring (bicyclic) bond motifs is 1. The van der Waals surface area contributed by atoms with Crippen LogP contribution in [0.15, 0.2) is 24.3 Å². The van der Waals surface area contributed by atoms with E-state index in [4.69, 9.17) is 5.73 Å². The molecule has 2 aromatic rings. The van der Waals surface area contributed by atoms with Crippen LogP contribution in [0.5, 0.6) is 0 Å². The zero-order valence-electron chi connectivity index (χ0n) is 10.7. The molecule has 6 nitrogen and oxygen atoms in total. The van der Waals surface area contributed by atoms with Gasteiger partial charge in [0.15, 0.2) is 5.13 Å². The van der Waals surface area contributed by atoms with Crippen LogP contribution in [0.25, 0.3) is 10.2 Å². The molecule has 3 rings (SSSR count). The fourth-order valence-corrected chi connectivity index (χ4v) is 3.10. The van der Waals surface area contributed by atoms with E-state index in [2.05, 4.69) is 15.2 Å². The molecule has 1 aliphatic rings.